The van der Waals surface area contributed by atoms with Crippen molar-refractivity contribution in [3.63, 3.8) is 0 Å². The maximum Gasteiger partial charge on any atom is 0.431 e. The molecular formula is C12H10F8O. The Balaban J connectivity index is 3.22. The Hall–Kier alpha value is -1.38. The van der Waals surface area contributed by atoms with E-state index in [2.05, 4.69) is 4.74 Å². The second-order valence-electron chi connectivity index (χ2n) is 4.25. The van der Waals surface area contributed by atoms with Gasteiger partial charge in [-0.2, -0.15) is 26.3 Å². The number of rotatable bonds is 4. The fourth-order valence-corrected chi connectivity index (χ4v) is 1.70. The van der Waals surface area contributed by atoms with Crippen molar-refractivity contribution in [1.29, 1.82) is 0 Å². The Bertz CT molecular complexity index is 465. The van der Waals surface area contributed by atoms with Crippen molar-refractivity contribution in [3.8, 4) is 0 Å². The summed E-state index contributed by atoms with van der Waals surface area (Å²) in [4.78, 5) is 0. The number of halogens is 8. The first kappa shape index (κ1) is 17.7. The summed E-state index contributed by atoms with van der Waals surface area (Å²) < 4.78 is 106. The smallest absolute Gasteiger partial charge is 0.377 e. The van der Waals surface area contributed by atoms with Crippen LogP contribution in [0.15, 0.2) is 24.3 Å². The van der Waals surface area contributed by atoms with E-state index in [0.717, 1.165) is 19.2 Å². The van der Waals surface area contributed by atoms with Gasteiger partial charge in [0.2, 0.25) is 0 Å². The third-order valence-corrected chi connectivity index (χ3v) is 2.90. The van der Waals surface area contributed by atoms with E-state index in [1.165, 1.54) is 12.1 Å². The van der Waals surface area contributed by atoms with Crippen LogP contribution in [0.4, 0.5) is 35.1 Å². The van der Waals surface area contributed by atoms with Gasteiger partial charge in [0.15, 0.2) is 0 Å². The standard InChI is InChI=1S/C12H10F8O/c1-21-9(7-4-2-3-5-8(7)13)6-10(14,11(15,16)17)12(18,19)20/h2-5,9H,6H2,1H3. The largest absolute Gasteiger partial charge is 0.431 e. The molecule has 0 aliphatic carbocycles. The van der Waals surface area contributed by atoms with Crippen molar-refractivity contribution in [2.45, 2.75) is 30.5 Å². The van der Waals surface area contributed by atoms with Crippen LogP contribution in [0.2, 0.25) is 0 Å². The van der Waals surface area contributed by atoms with Crippen LogP contribution in [0, 0.1) is 5.82 Å². The van der Waals surface area contributed by atoms with Crippen molar-refractivity contribution >= 4 is 0 Å². The molecule has 1 aromatic carbocycles. The molecule has 0 amide bonds. The molecular weight excluding hydrogens is 312 g/mol. The van der Waals surface area contributed by atoms with Gasteiger partial charge in [-0.3, -0.25) is 0 Å². The Labute approximate surface area is 114 Å². The van der Waals surface area contributed by atoms with Gasteiger partial charge in [-0.15, -0.1) is 0 Å². The highest BCUT2D eigenvalue weighted by atomic mass is 19.4. The molecule has 1 unspecified atom stereocenters. The molecule has 0 heterocycles. The number of methoxy groups -OCH3 is 1. The summed E-state index contributed by atoms with van der Waals surface area (Å²) in [6.45, 7) is 0. The molecule has 0 aliphatic rings. The van der Waals surface area contributed by atoms with Crippen LogP contribution in [-0.2, 0) is 4.74 Å². The Morgan fingerprint density at radius 3 is 1.81 bits per heavy atom. The van der Waals surface area contributed by atoms with Crippen molar-refractivity contribution in [1.82, 2.24) is 0 Å². The number of hydrogen-bond donors (Lipinski definition) is 0. The number of benzene rings is 1. The molecule has 0 saturated carbocycles. The highest BCUT2D eigenvalue weighted by Gasteiger charge is 2.72. The first-order valence-corrected chi connectivity index (χ1v) is 5.53. The van der Waals surface area contributed by atoms with Gasteiger partial charge in [-0.1, -0.05) is 18.2 Å². The molecule has 0 aliphatic heterocycles. The summed E-state index contributed by atoms with van der Waals surface area (Å²) >= 11 is 0. The molecule has 0 spiro atoms. The molecule has 1 rings (SSSR count). The summed E-state index contributed by atoms with van der Waals surface area (Å²) in [5.41, 5.74) is -6.08. The molecule has 120 valence electrons. The van der Waals surface area contributed by atoms with Gasteiger partial charge in [0.05, 0.1) is 6.10 Å². The zero-order valence-corrected chi connectivity index (χ0v) is 10.5. The first-order valence-electron chi connectivity index (χ1n) is 5.53. The first-order chi connectivity index (χ1) is 9.44. The summed E-state index contributed by atoms with van der Waals surface area (Å²) in [7, 11) is 0.768. The van der Waals surface area contributed by atoms with Gasteiger partial charge in [0.25, 0.3) is 0 Å². The number of hydrogen-bond acceptors (Lipinski definition) is 1. The molecule has 0 aromatic heterocycles. The Morgan fingerprint density at radius 2 is 1.43 bits per heavy atom. The van der Waals surface area contributed by atoms with E-state index in [4.69, 9.17) is 0 Å². The van der Waals surface area contributed by atoms with Crippen LogP contribution in [0.3, 0.4) is 0 Å². The molecule has 0 radical (unpaired) electrons. The van der Waals surface area contributed by atoms with Crippen LogP contribution < -0.4 is 0 Å². The van der Waals surface area contributed by atoms with Gasteiger partial charge in [-0.25, -0.2) is 8.78 Å². The number of alkyl halides is 7. The Morgan fingerprint density at radius 1 is 0.952 bits per heavy atom. The van der Waals surface area contributed by atoms with E-state index in [1.54, 1.807) is 0 Å². The average molecular weight is 322 g/mol. The topological polar surface area (TPSA) is 9.23 Å². The van der Waals surface area contributed by atoms with E-state index in [1.807, 2.05) is 0 Å². The van der Waals surface area contributed by atoms with E-state index in [9.17, 15) is 35.1 Å². The summed E-state index contributed by atoms with van der Waals surface area (Å²) in [6, 6.07) is 4.12. The average Bonchev–Trinajstić information content (AvgIpc) is 2.34. The summed E-state index contributed by atoms with van der Waals surface area (Å²) in [6.07, 6.45) is -16.6. The van der Waals surface area contributed by atoms with Crippen molar-refractivity contribution in [2.75, 3.05) is 7.11 Å². The lowest BCUT2D eigenvalue weighted by Crippen LogP contribution is -2.54. The quantitative estimate of drug-likeness (QED) is 0.728. The lowest BCUT2D eigenvalue weighted by molar-refractivity contribution is -0.348. The van der Waals surface area contributed by atoms with E-state index in [-0.39, 0.29) is 0 Å². The van der Waals surface area contributed by atoms with E-state index < -0.39 is 41.9 Å². The Kier molecular flexibility index (Phi) is 4.87. The second-order valence-corrected chi connectivity index (χ2v) is 4.25. The summed E-state index contributed by atoms with van der Waals surface area (Å²) in [5.74, 6) is -1.09. The van der Waals surface area contributed by atoms with Crippen molar-refractivity contribution in [2.24, 2.45) is 0 Å². The fraction of sp³-hybridized carbons (Fsp3) is 0.500. The zero-order chi connectivity index (χ0) is 16.5. The molecule has 0 N–H and O–H groups in total. The van der Waals surface area contributed by atoms with Gasteiger partial charge in [-0.05, 0) is 6.07 Å². The van der Waals surface area contributed by atoms with Crippen molar-refractivity contribution < 1.29 is 39.9 Å². The lowest BCUT2D eigenvalue weighted by Gasteiger charge is -2.32. The van der Waals surface area contributed by atoms with Gasteiger partial charge in [0.1, 0.15) is 5.82 Å². The molecule has 9 heteroatoms. The minimum Gasteiger partial charge on any atom is -0.377 e. The molecule has 1 atom stereocenters. The second kappa shape index (κ2) is 5.78. The SMILES string of the molecule is COC(CC(F)(C(F)(F)F)C(F)(F)F)c1ccccc1F. The molecule has 21 heavy (non-hydrogen) atoms. The fourth-order valence-electron chi connectivity index (χ4n) is 1.70. The zero-order valence-electron chi connectivity index (χ0n) is 10.5. The van der Waals surface area contributed by atoms with Gasteiger partial charge in [0, 0.05) is 19.1 Å². The van der Waals surface area contributed by atoms with Gasteiger partial charge < -0.3 is 4.74 Å². The maximum atomic E-state index is 13.6. The van der Waals surface area contributed by atoms with Crippen LogP contribution >= 0.6 is 0 Å². The predicted octanol–water partition coefficient (Wildman–Crippen LogP) is 4.74. The normalized spacial score (nSPS) is 15.1. The maximum absolute atomic E-state index is 13.6. The predicted molar refractivity (Wildman–Crippen MR) is 56.7 cm³/mol. The molecule has 0 fully saturated rings. The van der Waals surface area contributed by atoms with Crippen molar-refractivity contribution in [3.05, 3.63) is 35.6 Å². The highest BCUT2D eigenvalue weighted by molar-refractivity contribution is 5.21. The molecule has 0 saturated heterocycles. The van der Waals surface area contributed by atoms with Crippen LogP contribution in [0.5, 0.6) is 0 Å². The minimum absolute atomic E-state index is 0.587. The molecule has 0 bridgehead atoms. The van der Waals surface area contributed by atoms with E-state index in [0.29, 0.717) is 0 Å². The lowest BCUT2D eigenvalue weighted by atomic mass is 9.92. The number of ether oxygens (including phenoxy) is 1. The third-order valence-electron chi connectivity index (χ3n) is 2.90. The molecule has 1 aromatic rings. The monoisotopic (exact) mass is 322 g/mol. The van der Waals surface area contributed by atoms with E-state index >= 15 is 0 Å². The summed E-state index contributed by atoms with van der Waals surface area (Å²) in [5, 5.41) is 0. The highest BCUT2D eigenvalue weighted by Crippen LogP contribution is 2.51. The van der Waals surface area contributed by atoms with Crippen LogP contribution in [0.25, 0.3) is 0 Å². The van der Waals surface area contributed by atoms with Crippen LogP contribution in [-0.4, -0.2) is 25.1 Å². The molecule has 1 nitrogen and oxygen atoms in total. The third kappa shape index (κ3) is 3.45. The van der Waals surface area contributed by atoms with Gasteiger partial charge >= 0.3 is 18.0 Å². The minimum atomic E-state index is -6.20. The van der Waals surface area contributed by atoms with Crippen LogP contribution in [0.1, 0.15) is 18.1 Å².